The number of carbonyl (C=O) groups excluding carboxylic acids is 2. The molecule has 1 saturated carbocycles. The summed E-state index contributed by atoms with van der Waals surface area (Å²) in [6.07, 6.45) is 4.11. The first-order valence-corrected chi connectivity index (χ1v) is 10.0. The third-order valence-electron chi connectivity index (χ3n) is 5.87. The summed E-state index contributed by atoms with van der Waals surface area (Å²) < 4.78 is 13.3. The maximum atomic E-state index is 13.3. The number of hydrogen-bond donors (Lipinski definition) is 4. The quantitative estimate of drug-likeness (QED) is 0.469. The van der Waals surface area contributed by atoms with Crippen LogP contribution in [-0.4, -0.2) is 57.6 Å². The monoisotopic (exact) mass is 378 g/mol. The number of benzene rings is 1. The fraction of sp³-hybridized carbons (Fsp3) is 0.600. The summed E-state index contributed by atoms with van der Waals surface area (Å²) in [4.78, 5) is 27.2. The molecule has 1 aromatic carbocycles. The minimum Gasteiger partial charge on any atom is -0.345 e. The molecule has 27 heavy (non-hydrogen) atoms. The maximum Gasteiger partial charge on any atom is 0.309 e. The topological polar surface area (TPSA) is 67.1 Å². The van der Waals surface area contributed by atoms with Gasteiger partial charge in [0.15, 0.2) is 0 Å². The summed E-state index contributed by atoms with van der Waals surface area (Å²) in [5.41, 5.74) is 0.988. The minimum absolute atomic E-state index is 0.0157. The number of carbonyl (C=O) groups is 2. The van der Waals surface area contributed by atoms with Gasteiger partial charge < -0.3 is 20.4 Å². The molecule has 1 atom stereocenters. The van der Waals surface area contributed by atoms with Crippen LogP contribution in [-0.2, 0) is 9.59 Å². The van der Waals surface area contributed by atoms with Crippen LogP contribution >= 0.6 is 0 Å². The van der Waals surface area contributed by atoms with E-state index in [0.29, 0.717) is 6.54 Å². The highest BCUT2D eigenvalue weighted by Crippen LogP contribution is 2.17. The molecule has 0 unspecified atom stereocenters. The minimum atomic E-state index is -0.576. The molecule has 2 fully saturated rings. The second-order valence-electron chi connectivity index (χ2n) is 7.88. The third-order valence-corrected chi connectivity index (χ3v) is 5.87. The van der Waals surface area contributed by atoms with E-state index in [1.54, 1.807) is 12.1 Å². The highest BCUT2D eigenvalue weighted by Gasteiger charge is 2.30. The van der Waals surface area contributed by atoms with Crippen LogP contribution in [0.25, 0.3) is 0 Å². The molecule has 2 amide bonds. The fourth-order valence-corrected chi connectivity index (χ4v) is 4.14. The van der Waals surface area contributed by atoms with E-state index in [0.717, 1.165) is 57.4 Å². The van der Waals surface area contributed by atoms with E-state index in [2.05, 4.69) is 17.7 Å². The van der Waals surface area contributed by atoms with Gasteiger partial charge in [0.1, 0.15) is 38.0 Å². The number of piperazine rings is 1. The highest BCUT2D eigenvalue weighted by atomic mass is 19.1. The SMILES string of the molecule is C[NH+]1CC[NH+]([C@@H](CNC(=O)C(=O)NC2CCCC2)c2ccc(F)cc2)CC1. The number of rotatable bonds is 5. The van der Waals surface area contributed by atoms with Crippen molar-refractivity contribution in [2.75, 3.05) is 39.8 Å². The summed E-state index contributed by atoms with van der Waals surface area (Å²) in [7, 11) is 2.18. The second kappa shape index (κ2) is 9.28. The van der Waals surface area contributed by atoms with Gasteiger partial charge in [-0.05, 0) is 25.0 Å². The second-order valence-corrected chi connectivity index (χ2v) is 7.88. The average molecular weight is 378 g/mol. The van der Waals surface area contributed by atoms with Gasteiger partial charge in [-0.15, -0.1) is 0 Å². The predicted molar refractivity (Wildman–Crippen MR) is 99.9 cm³/mol. The van der Waals surface area contributed by atoms with Crippen molar-refractivity contribution in [2.45, 2.75) is 37.8 Å². The third kappa shape index (κ3) is 5.49. The van der Waals surface area contributed by atoms with Gasteiger partial charge in [0.2, 0.25) is 0 Å². The molecule has 3 rings (SSSR count). The molecule has 7 heteroatoms. The summed E-state index contributed by atoms with van der Waals surface area (Å²) in [6, 6.07) is 6.62. The van der Waals surface area contributed by atoms with Crippen LogP contribution in [0.15, 0.2) is 24.3 Å². The molecular formula is C20H31FN4O2+2. The Balaban J connectivity index is 1.61. The van der Waals surface area contributed by atoms with Gasteiger partial charge in [-0.25, -0.2) is 4.39 Å². The van der Waals surface area contributed by atoms with Crippen molar-refractivity contribution >= 4 is 11.8 Å². The number of hydrogen-bond acceptors (Lipinski definition) is 2. The molecule has 0 aromatic heterocycles. The predicted octanol–water partition coefficient (Wildman–Crippen LogP) is -1.54. The Morgan fingerprint density at radius 3 is 2.33 bits per heavy atom. The number of quaternary nitrogens is 2. The van der Waals surface area contributed by atoms with Crippen molar-refractivity contribution in [3.63, 3.8) is 0 Å². The zero-order valence-electron chi connectivity index (χ0n) is 16.0. The van der Waals surface area contributed by atoms with E-state index >= 15 is 0 Å². The van der Waals surface area contributed by atoms with Crippen LogP contribution in [0, 0.1) is 5.82 Å². The van der Waals surface area contributed by atoms with Crippen LogP contribution < -0.4 is 20.4 Å². The first kappa shape index (κ1) is 19.8. The molecule has 148 valence electrons. The number of likely N-dealkylation sites (N-methyl/N-ethyl adjacent to an activating group) is 1. The Kier molecular flexibility index (Phi) is 6.79. The van der Waals surface area contributed by atoms with E-state index in [-0.39, 0.29) is 17.9 Å². The lowest BCUT2D eigenvalue weighted by molar-refractivity contribution is -1.02. The molecule has 1 heterocycles. The number of nitrogens with one attached hydrogen (secondary N) is 4. The van der Waals surface area contributed by atoms with Gasteiger partial charge in [-0.2, -0.15) is 0 Å². The lowest BCUT2D eigenvalue weighted by atomic mass is 10.0. The first-order valence-electron chi connectivity index (χ1n) is 10.0. The molecule has 1 aromatic rings. The Hall–Kier alpha value is -1.99. The van der Waals surface area contributed by atoms with Crippen molar-refractivity contribution in [2.24, 2.45) is 0 Å². The molecule has 0 spiro atoms. The van der Waals surface area contributed by atoms with Gasteiger partial charge in [0.25, 0.3) is 0 Å². The standard InChI is InChI=1S/C20H29FN4O2/c1-24-10-12-25(13-11-24)18(15-6-8-16(21)9-7-15)14-22-19(26)20(27)23-17-4-2-3-5-17/h6-9,17-18H,2-5,10-14H2,1H3,(H,22,26)(H,23,27)/p+2/t18-/m0/s1. The first-order chi connectivity index (χ1) is 13.0. The Morgan fingerprint density at radius 2 is 1.70 bits per heavy atom. The molecule has 6 nitrogen and oxygen atoms in total. The van der Waals surface area contributed by atoms with Crippen molar-refractivity contribution in [1.29, 1.82) is 0 Å². The van der Waals surface area contributed by atoms with E-state index in [4.69, 9.17) is 0 Å². The maximum absolute atomic E-state index is 13.3. The summed E-state index contributed by atoms with van der Waals surface area (Å²) in [6.45, 7) is 4.46. The lowest BCUT2D eigenvalue weighted by Crippen LogP contribution is -3.27. The van der Waals surface area contributed by atoms with E-state index in [1.165, 1.54) is 21.9 Å². The molecule has 1 aliphatic heterocycles. The van der Waals surface area contributed by atoms with Gasteiger partial charge in [-0.3, -0.25) is 9.59 Å². The van der Waals surface area contributed by atoms with E-state index in [1.807, 2.05) is 0 Å². The number of halogens is 1. The fourth-order valence-electron chi connectivity index (χ4n) is 4.14. The van der Waals surface area contributed by atoms with E-state index in [9.17, 15) is 14.0 Å². The van der Waals surface area contributed by atoms with Crippen molar-refractivity contribution < 1.29 is 23.8 Å². The molecule has 1 aliphatic carbocycles. The van der Waals surface area contributed by atoms with Crippen LogP contribution in [0.1, 0.15) is 37.3 Å². The average Bonchev–Trinajstić information content (AvgIpc) is 3.17. The van der Waals surface area contributed by atoms with Crippen molar-refractivity contribution in [1.82, 2.24) is 10.6 Å². The lowest BCUT2D eigenvalue weighted by Gasteiger charge is -2.33. The van der Waals surface area contributed by atoms with Gasteiger partial charge in [0, 0.05) is 11.6 Å². The molecule has 0 radical (unpaired) electrons. The van der Waals surface area contributed by atoms with E-state index < -0.39 is 11.8 Å². The zero-order valence-corrected chi connectivity index (χ0v) is 16.0. The van der Waals surface area contributed by atoms with Crippen LogP contribution in [0.3, 0.4) is 0 Å². The normalized spacial score (nSPS) is 24.4. The van der Waals surface area contributed by atoms with Gasteiger partial charge in [0.05, 0.1) is 13.6 Å². The van der Waals surface area contributed by atoms with Crippen molar-refractivity contribution in [3.05, 3.63) is 35.6 Å². The zero-order chi connectivity index (χ0) is 19.2. The summed E-state index contributed by atoms with van der Waals surface area (Å²) in [5, 5.41) is 5.63. The molecule has 1 saturated heterocycles. The summed E-state index contributed by atoms with van der Waals surface area (Å²) in [5.74, 6) is -1.39. The molecule has 4 N–H and O–H groups in total. The highest BCUT2D eigenvalue weighted by molar-refractivity contribution is 6.35. The molecule has 2 aliphatic rings. The van der Waals surface area contributed by atoms with Crippen LogP contribution in [0.2, 0.25) is 0 Å². The molecule has 0 bridgehead atoms. The number of amides is 2. The van der Waals surface area contributed by atoms with Crippen molar-refractivity contribution in [3.8, 4) is 0 Å². The Labute approximate surface area is 160 Å². The smallest absolute Gasteiger partial charge is 0.309 e. The Bertz CT molecular complexity index is 638. The summed E-state index contributed by atoms with van der Waals surface area (Å²) >= 11 is 0. The van der Waals surface area contributed by atoms with Gasteiger partial charge >= 0.3 is 11.8 Å². The Morgan fingerprint density at radius 1 is 1.07 bits per heavy atom. The van der Waals surface area contributed by atoms with Crippen LogP contribution in [0.4, 0.5) is 4.39 Å². The molecular weight excluding hydrogens is 347 g/mol. The largest absolute Gasteiger partial charge is 0.345 e. The van der Waals surface area contributed by atoms with Crippen LogP contribution in [0.5, 0.6) is 0 Å². The van der Waals surface area contributed by atoms with Gasteiger partial charge in [-0.1, -0.05) is 25.0 Å².